The maximum atomic E-state index is 13.4. The van der Waals surface area contributed by atoms with E-state index in [-0.39, 0.29) is 17.4 Å². The quantitative estimate of drug-likeness (QED) is 0.654. The Labute approximate surface area is 114 Å². The van der Waals surface area contributed by atoms with Gasteiger partial charge in [-0.05, 0) is 37.8 Å². The molecule has 0 saturated heterocycles. The number of aliphatic carboxylic acids is 1. The Morgan fingerprint density at radius 2 is 2.20 bits per heavy atom. The molecule has 2 N–H and O–H groups in total. The van der Waals surface area contributed by atoms with Gasteiger partial charge in [0.25, 0.3) is 5.69 Å². The topological polar surface area (TPSA) is 92.5 Å². The van der Waals surface area contributed by atoms with Gasteiger partial charge in [0.2, 0.25) is 0 Å². The van der Waals surface area contributed by atoms with E-state index in [1.165, 1.54) is 13.0 Å². The van der Waals surface area contributed by atoms with E-state index < -0.39 is 22.6 Å². The first-order valence-corrected chi connectivity index (χ1v) is 6.32. The molecule has 2 rings (SSSR count). The number of aryl methyl sites for hydroxylation is 1. The number of benzene rings is 1. The molecule has 2 atom stereocenters. The van der Waals surface area contributed by atoms with Crippen LogP contribution in [-0.2, 0) is 4.79 Å². The van der Waals surface area contributed by atoms with Gasteiger partial charge in [-0.15, -0.1) is 0 Å². The van der Waals surface area contributed by atoms with E-state index in [1.54, 1.807) is 0 Å². The Morgan fingerprint density at radius 3 is 2.75 bits per heavy atom. The smallest absolute Gasteiger partial charge is 0.306 e. The van der Waals surface area contributed by atoms with Crippen molar-refractivity contribution in [2.24, 2.45) is 5.92 Å². The van der Waals surface area contributed by atoms with Crippen LogP contribution in [0.4, 0.5) is 15.8 Å². The summed E-state index contributed by atoms with van der Waals surface area (Å²) in [5.74, 6) is -1.90. The maximum absolute atomic E-state index is 13.4. The van der Waals surface area contributed by atoms with Gasteiger partial charge >= 0.3 is 5.97 Å². The van der Waals surface area contributed by atoms with E-state index in [9.17, 15) is 19.3 Å². The summed E-state index contributed by atoms with van der Waals surface area (Å²) < 4.78 is 13.4. The Balaban J connectivity index is 2.19. The second kappa shape index (κ2) is 5.44. The standard InChI is InChI=1S/C13H15FN2O4/c1-7-4-11(12(16(19)20)6-10(7)14)15-9-3-2-8(5-9)13(17)18/h4,6,8-9,15H,2-3,5H2,1H3,(H,17,18)/t8-,9+/m1/s1. The molecule has 108 valence electrons. The molecule has 1 aromatic carbocycles. The number of carbonyl (C=O) groups is 1. The third-order valence-electron chi connectivity index (χ3n) is 3.62. The third kappa shape index (κ3) is 2.87. The predicted molar refractivity (Wildman–Crippen MR) is 70.2 cm³/mol. The van der Waals surface area contributed by atoms with Gasteiger partial charge in [-0.3, -0.25) is 14.9 Å². The number of hydrogen-bond acceptors (Lipinski definition) is 4. The Kier molecular flexibility index (Phi) is 3.87. The van der Waals surface area contributed by atoms with Crippen LogP contribution >= 0.6 is 0 Å². The number of rotatable bonds is 4. The van der Waals surface area contributed by atoms with Gasteiger partial charge < -0.3 is 10.4 Å². The average molecular weight is 282 g/mol. The number of anilines is 1. The van der Waals surface area contributed by atoms with Gasteiger partial charge in [-0.25, -0.2) is 4.39 Å². The molecule has 6 nitrogen and oxygen atoms in total. The van der Waals surface area contributed by atoms with Crippen molar-refractivity contribution in [3.05, 3.63) is 33.6 Å². The molecule has 7 heteroatoms. The van der Waals surface area contributed by atoms with Gasteiger partial charge in [-0.1, -0.05) is 0 Å². The van der Waals surface area contributed by atoms with Gasteiger partial charge in [0.05, 0.1) is 16.9 Å². The van der Waals surface area contributed by atoms with Gasteiger partial charge in [0.15, 0.2) is 0 Å². The summed E-state index contributed by atoms with van der Waals surface area (Å²) in [6, 6.07) is 2.14. The fourth-order valence-electron chi connectivity index (χ4n) is 2.49. The molecule has 0 aliphatic heterocycles. The zero-order valence-electron chi connectivity index (χ0n) is 10.9. The summed E-state index contributed by atoms with van der Waals surface area (Å²) in [6.07, 6.45) is 1.59. The lowest BCUT2D eigenvalue weighted by Gasteiger charge is -2.14. The normalized spacial score (nSPS) is 21.7. The summed E-state index contributed by atoms with van der Waals surface area (Å²) in [7, 11) is 0. The molecule has 0 bridgehead atoms. The highest BCUT2D eigenvalue weighted by Crippen LogP contribution is 2.33. The van der Waals surface area contributed by atoms with Gasteiger partial charge in [-0.2, -0.15) is 0 Å². The number of nitrogens with one attached hydrogen (secondary N) is 1. The van der Waals surface area contributed by atoms with Crippen LogP contribution in [0.3, 0.4) is 0 Å². The highest BCUT2D eigenvalue weighted by atomic mass is 19.1. The Morgan fingerprint density at radius 1 is 1.50 bits per heavy atom. The van der Waals surface area contributed by atoms with E-state index in [4.69, 9.17) is 5.11 Å². The van der Waals surface area contributed by atoms with Crippen LogP contribution in [0.25, 0.3) is 0 Å². The lowest BCUT2D eigenvalue weighted by atomic mass is 10.1. The second-order valence-corrected chi connectivity index (χ2v) is 5.07. The Hall–Kier alpha value is -2.18. The molecule has 0 heterocycles. The van der Waals surface area contributed by atoms with Crippen molar-refractivity contribution in [2.75, 3.05) is 5.32 Å². The van der Waals surface area contributed by atoms with E-state index in [0.717, 1.165) is 6.07 Å². The van der Waals surface area contributed by atoms with Crippen molar-refractivity contribution in [2.45, 2.75) is 32.2 Å². The molecule has 0 unspecified atom stereocenters. The molecule has 20 heavy (non-hydrogen) atoms. The molecule has 0 aromatic heterocycles. The summed E-state index contributed by atoms with van der Waals surface area (Å²) in [5, 5.41) is 22.8. The number of hydrogen-bond donors (Lipinski definition) is 2. The summed E-state index contributed by atoms with van der Waals surface area (Å²) in [5.41, 5.74) is 0.225. The maximum Gasteiger partial charge on any atom is 0.306 e. The average Bonchev–Trinajstić information content (AvgIpc) is 2.82. The fraction of sp³-hybridized carbons (Fsp3) is 0.462. The molecule has 1 saturated carbocycles. The minimum Gasteiger partial charge on any atom is -0.481 e. The van der Waals surface area contributed by atoms with E-state index in [2.05, 4.69) is 5.32 Å². The molecule has 0 amide bonds. The highest BCUT2D eigenvalue weighted by molar-refractivity contribution is 5.71. The molecular weight excluding hydrogens is 267 g/mol. The van der Waals surface area contributed by atoms with Crippen LogP contribution in [0.2, 0.25) is 0 Å². The van der Waals surface area contributed by atoms with Crippen molar-refractivity contribution in [1.29, 1.82) is 0 Å². The first-order valence-electron chi connectivity index (χ1n) is 6.32. The molecule has 0 radical (unpaired) electrons. The number of nitrogens with zero attached hydrogens (tertiary/aromatic N) is 1. The first-order chi connectivity index (χ1) is 9.38. The summed E-state index contributed by atoms with van der Waals surface area (Å²) >= 11 is 0. The minimum absolute atomic E-state index is 0.139. The van der Waals surface area contributed by atoms with Crippen LogP contribution < -0.4 is 5.32 Å². The van der Waals surface area contributed by atoms with Crippen molar-refractivity contribution >= 4 is 17.3 Å². The van der Waals surface area contributed by atoms with Crippen LogP contribution in [0.5, 0.6) is 0 Å². The van der Waals surface area contributed by atoms with Crippen LogP contribution in [0, 0.1) is 28.8 Å². The number of nitro benzene ring substituents is 1. The van der Waals surface area contributed by atoms with Crippen molar-refractivity contribution in [1.82, 2.24) is 0 Å². The number of halogens is 1. The lowest BCUT2D eigenvalue weighted by molar-refractivity contribution is -0.384. The van der Waals surface area contributed by atoms with Gasteiger partial charge in [0, 0.05) is 6.04 Å². The summed E-state index contributed by atoms with van der Waals surface area (Å²) in [4.78, 5) is 21.2. The number of carboxylic acid groups (broad SMARTS) is 1. The van der Waals surface area contributed by atoms with Crippen molar-refractivity contribution in [3.63, 3.8) is 0 Å². The number of carboxylic acids is 1. The third-order valence-corrected chi connectivity index (χ3v) is 3.62. The monoisotopic (exact) mass is 282 g/mol. The molecule has 1 fully saturated rings. The fourth-order valence-corrected chi connectivity index (χ4v) is 2.49. The largest absolute Gasteiger partial charge is 0.481 e. The van der Waals surface area contributed by atoms with Crippen molar-refractivity contribution < 1.29 is 19.2 Å². The van der Waals surface area contributed by atoms with Crippen LogP contribution in [0.1, 0.15) is 24.8 Å². The predicted octanol–water partition coefficient (Wildman–Crippen LogP) is 2.71. The molecule has 1 aromatic rings. The van der Waals surface area contributed by atoms with Crippen molar-refractivity contribution in [3.8, 4) is 0 Å². The molecule has 0 spiro atoms. The van der Waals surface area contributed by atoms with Crippen LogP contribution in [-0.4, -0.2) is 22.0 Å². The molecule has 1 aliphatic rings. The Bertz CT molecular complexity index is 562. The second-order valence-electron chi connectivity index (χ2n) is 5.07. The van der Waals surface area contributed by atoms with E-state index in [1.807, 2.05) is 0 Å². The highest BCUT2D eigenvalue weighted by Gasteiger charge is 2.31. The minimum atomic E-state index is -0.848. The van der Waals surface area contributed by atoms with Crippen LogP contribution in [0.15, 0.2) is 12.1 Å². The zero-order valence-corrected chi connectivity index (χ0v) is 10.9. The van der Waals surface area contributed by atoms with E-state index >= 15 is 0 Å². The molecular formula is C13H15FN2O4. The zero-order chi connectivity index (χ0) is 14.9. The van der Waals surface area contributed by atoms with Gasteiger partial charge in [0.1, 0.15) is 11.5 Å². The number of nitro groups is 1. The SMILES string of the molecule is Cc1cc(N[C@H]2CC[C@@H](C(=O)O)C2)c([N+](=O)[O-])cc1F. The molecule has 1 aliphatic carbocycles. The lowest BCUT2D eigenvalue weighted by Crippen LogP contribution is -2.18. The first kappa shape index (κ1) is 14.2. The van der Waals surface area contributed by atoms with E-state index in [0.29, 0.717) is 24.8 Å². The summed E-state index contributed by atoms with van der Waals surface area (Å²) in [6.45, 7) is 1.53.